The minimum atomic E-state index is -1.45. The lowest BCUT2D eigenvalue weighted by atomic mass is 10.1. The Kier molecular flexibility index (Phi) is 5.66. The van der Waals surface area contributed by atoms with Crippen molar-refractivity contribution in [3.05, 3.63) is 65.7 Å². The lowest BCUT2D eigenvalue weighted by molar-refractivity contribution is -0.162. The number of carbonyl (C=O) groups is 2. The largest absolute Gasteiger partial charge is 0.450 e. The monoisotopic (exact) mass is 324 g/mol. The van der Waals surface area contributed by atoms with Gasteiger partial charge in [0.1, 0.15) is 0 Å². The molecule has 0 saturated carbocycles. The summed E-state index contributed by atoms with van der Waals surface area (Å²) in [5, 5.41) is 21.2. The van der Waals surface area contributed by atoms with E-state index in [1.165, 1.54) is 6.92 Å². The summed E-state index contributed by atoms with van der Waals surface area (Å²) in [7, 11) is 0. The number of nitrogens with zero attached hydrogens (tertiary/aromatic N) is 1. The molecule has 0 fully saturated rings. The van der Waals surface area contributed by atoms with Crippen LogP contribution in [0.15, 0.2) is 54.6 Å². The quantitative estimate of drug-likeness (QED) is 0.821. The van der Waals surface area contributed by atoms with Gasteiger partial charge in [0.05, 0.1) is 11.6 Å². The second kappa shape index (κ2) is 7.90. The van der Waals surface area contributed by atoms with Crippen LogP contribution in [-0.4, -0.2) is 23.1 Å². The zero-order chi connectivity index (χ0) is 17.5. The molecular weight excluding hydrogens is 308 g/mol. The van der Waals surface area contributed by atoms with E-state index < -0.39 is 24.1 Å². The third-order valence-corrected chi connectivity index (χ3v) is 3.28. The van der Waals surface area contributed by atoms with E-state index in [0.29, 0.717) is 16.8 Å². The molecular formula is C18H16N2O4. The fraction of sp³-hybridized carbons (Fsp3) is 0.167. The number of nitriles is 1. The molecule has 0 aliphatic carbocycles. The van der Waals surface area contributed by atoms with Crippen molar-refractivity contribution < 1.29 is 19.4 Å². The Labute approximate surface area is 139 Å². The number of nitrogens with one attached hydrogen (secondary N) is 1. The van der Waals surface area contributed by atoms with Crippen molar-refractivity contribution in [2.75, 3.05) is 5.32 Å². The lowest BCUT2D eigenvalue weighted by Crippen LogP contribution is -2.31. The number of carbonyl (C=O) groups excluding carboxylic acids is 2. The van der Waals surface area contributed by atoms with Gasteiger partial charge in [-0.1, -0.05) is 30.3 Å². The first kappa shape index (κ1) is 17.2. The number of rotatable bonds is 5. The standard InChI is InChI=1S/C18H16N2O4/c1-12(17(22)20-15-9-7-13(11-19)8-10-15)24-18(23)16(21)14-5-3-2-4-6-14/h2-10,12,16,21H,1H3,(H,20,22)/t12-,16-/m0/s1. The predicted octanol–water partition coefficient (Wildman–Crippen LogP) is 2.16. The van der Waals surface area contributed by atoms with Gasteiger partial charge < -0.3 is 15.2 Å². The average Bonchev–Trinajstić information content (AvgIpc) is 2.62. The first-order valence-electron chi connectivity index (χ1n) is 7.26. The fourth-order valence-electron chi connectivity index (χ4n) is 1.94. The number of hydrogen-bond acceptors (Lipinski definition) is 5. The minimum Gasteiger partial charge on any atom is -0.450 e. The highest BCUT2D eigenvalue weighted by Gasteiger charge is 2.24. The zero-order valence-electron chi connectivity index (χ0n) is 13.0. The Morgan fingerprint density at radius 1 is 1.12 bits per heavy atom. The first-order valence-corrected chi connectivity index (χ1v) is 7.26. The molecule has 0 aliphatic rings. The van der Waals surface area contributed by atoms with Gasteiger partial charge >= 0.3 is 5.97 Å². The number of anilines is 1. The fourth-order valence-corrected chi connectivity index (χ4v) is 1.94. The van der Waals surface area contributed by atoms with Crippen LogP contribution < -0.4 is 5.32 Å². The maximum absolute atomic E-state index is 12.0. The van der Waals surface area contributed by atoms with E-state index in [-0.39, 0.29) is 0 Å². The Bertz CT molecular complexity index is 751. The van der Waals surface area contributed by atoms with Gasteiger partial charge in [0.2, 0.25) is 0 Å². The summed E-state index contributed by atoms with van der Waals surface area (Å²) in [6.45, 7) is 1.41. The van der Waals surface area contributed by atoms with Crippen LogP contribution in [0.1, 0.15) is 24.2 Å². The third kappa shape index (κ3) is 4.41. The molecule has 2 atom stereocenters. The number of hydrogen-bond donors (Lipinski definition) is 2. The summed E-state index contributed by atoms with van der Waals surface area (Å²) in [5.74, 6) is -1.43. The van der Waals surface area contributed by atoms with Crippen LogP contribution in [0.2, 0.25) is 0 Å². The van der Waals surface area contributed by atoms with E-state index >= 15 is 0 Å². The van der Waals surface area contributed by atoms with Gasteiger partial charge in [0.15, 0.2) is 12.2 Å². The van der Waals surface area contributed by atoms with Gasteiger partial charge in [0, 0.05) is 5.69 Å². The van der Waals surface area contributed by atoms with Crippen LogP contribution in [-0.2, 0) is 14.3 Å². The number of aliphatic hydroxyl groups excluding tert-OH is 1. The third-order valence-electron chi connectivity index (χ3n) is 3.28. The Hall–Kier alpha value is -3.17. The highest BCUT2D eigenvalue weighted by molar-refractivity contribution is 5.95. The smallest absolute Gasteiger partial charge is 0.340 e. The average molecular weight is 324 g/mol. The second-order valence-electron chi connectivity index (χ2n) is 5.07. The van der Waals surface area contributed by atoms with E-state index in [9.17, 15) is 14.7 Å². The topological polar surface area (TPSA) is 99.4 Å². The summed E-state index contributed by atoms with van der Waals surface area (Å²) in [4.78, 5) is 23.9. The van der Waals surface area contributed by atoms with Crippen LogP contribution >= 0.6 is 0 Å². The number of benzene rings is 2. The van der Waals surface area contributed by atoms with E-state index in [1.807, 2.05) is 6.07 Å². The van der Waals surface area contributed by atoms with Crippen LogP contribution in [0.4, 0.5) is 5.69 Å². The number of ether oxygens (including phenoxy) is 1. The minimum absolute atomic E-state index is 0.391. The molecule has 0 unspecified atom stereocenters. The van der Waals surface area contributed by atoms with Crippen molar-refractivity contribution in [3.8, 4) is 6.07 Å². The first-order chi connectivity index (χ1) is 11.5. The van der Waals surface area contributed by atoms with Gasteiger partial charge in [-0.25, -0.2) is 4.79 Å². The molecule has 2 N–H and O–H groups in total. The molecule has 24 heavy (non-hydrogen) atoms. The summed E-state index contributed by atoms with van der Waals surface area (Å²) in [6, 6.07) is 16.6. The molecule has 0 spiro atoms. The molecule has 2 aromatic carbocycles. The molecule has 2 aromatic rings. The molecule has 0 bridgehead atoms. The maximum atomic E-state index is 12.0. The van der Waals surface area contributed by atoms with Crippen molar-refractivity contribution in [2.24, 2.45) is 0 Å². The highest BCUT2D eigenvalue weighted by Crippen LogP contribution is 2.15. The van der Waals surface area contributed by atoms with E-state index in [0.717, 1.165) is 0 Å². The summed E-state index contributed by atoms with van der Waals surface area (Å²) >= 11 is 0. The van der Waals surface area contributed by atoms with Crippen LogP contribution in [0.3, 0.4) is 0 Å². The molecule has 2 rings (SSSR count). The predicted molar refractivity (Wildman–Crippen MR) is 86.7 cm³/mol. The van der Waals surface area contributed by atoms with Gasteiger partial charge in [-0.05, 0) is 36.8 Å². The molecule has 1 amide bonds. The van der Waals surface area contributed by atoms with Crippen molar-refractivity contribution >= 4 is 17.6 Å². The molecule has 0 radical (unpaired) electrons. The summed E-state index contributed by atoms with van der Waals surface area (Å²) in [5.41, 5.74) is 1.34. The second-order valence-corrected chi connectivity index (χ2v) is 5.07. The Morgan fingerprint density at radius 2 is 1.75 bits per heavy atom. The van der Waals surface area contributed by atoms with Crippen molar-refractivity contribution in [1.29, 1.82) is 5.26 Å². The van der Waals surface area contributed by atoms with Gasteiger partial charge in [-0.3, -0.25) is 4.79 Å². The molecule has 122 valence electrons. The molecule has 0 aliphatic heterocycles. The van der Waals surface area contributed by atoms with Crippen molar-refractivity contribution in [2.45, 2.75) is 19.1 Å². The number of aliphatic hydroxyl groups is 1. The van der Waals surface area contributed by atoms with Gasteiger partial charge in [-0.15, -0.1) is 0 Å². The molecule has 0 aromatic heterocycles. The Balaban J connectivity index is 1.93. The Morgan fingerprint density at radius 3 is 2.33 bits per heavy atom. The molecule has 0 heterocycles. The van der Waals surface area contributed by atoms with Gasteiger partial charge in [-0.2, -0.15) is 5.26 Å². The lowest BCUT2D eigenvalue weighted by Gasteiger charge is -2.16. The highest BCUT2D eigenvalue weighted by atomic mass is 16.6. The normalized spacial score (nSPS) is 12.5. The van der Waals surface area contributed by atoms with Crippen LogP contribution in [0.25, 0.3) is 0 Å². The van der Waals surface area contributed by atoms with E-state index in [4.69, 9.17) is 10.00 Å². The summed E-state index contributed by atoms with van der Waals surface area (Å²) < 4.78 is 4.99. The van der Waals surface area contributed by atoms with E-state index in [2.05, 4.69) is 5.32 Å². The maximum Gasteiger partial charge on any atom is 0.340 e. The number of amides is 1. The molecule has 6 heteroatoms. The van der Waals surface area contributed by atoms with Crippen molar-refractivity contribution in [1.82, 2.24) is 0 Å². The zero-order valence-corrected chi connectivity index (χ0v) is 13.0. The van der Waals surface area contributed by atoms with Gasteiger partial charge in [0.25, 0.3) is 5.91 Å². The van der Waals surface area contributed by atoms with E-state index in [1.54, 1.807) is 54.6 Å². The van der Waals surface area contributed by atoms with Crippen LogP contribution in [0.5, 0.6) is 0 Å². The molecule has 0 saturated heterocycles. The van der Waals surface area contributed by atoms with Crippen LogP contribution in [0, 0.1) is 11.3 Å². The molecule has 6 nitrogen and oxygen atoms in total. The number of esters is 1. The summed E-state index contributed by atoms with van der Waals surface area (Å²) in [6.07, 6.45) is -2.53. The SMILES string of the molecule is C[C@H](OC(=O)[C@@H](O)c1ccccc1)C(=O)Nc1ccc(C#N)cc1. The van der Waals surface area contributed by atoms with Crippen molar-refractivity contribution in [3.63, 3.8) is 0 Å².